The highest BCUT2D eigenvalue weighted by Crippen LogP contribution is 2.43. The van der Waals surface area contributed by atoms with E-state index in [9.17, 15) is 5.11 Å². The second kappa shape index (κ2) is 2.48. The van der Waals surface area contributed by atoms with Gasteiger partial charge in [-0.15, -0.1) is 0 Å². The Labute approximate surface area is 69.8 Å². The van der Waals surface area contributed by atoms with Gasteiger partial charge in [-0.25, -0.2) is 0 Å². The van der Waals surface area contributed by atoms with Crippen molar-refractivity contribution in [2.45, 2.75) is 52.6 Å². The Morgan fingerprint density at radius 2 is 1.64 bits per heavy atom. The molecule has 0 aromatic carbocycles. The van der Waals surface area contributed by atoms with Gasteiger partial charge in [-0.1, -0.05) is 33.6 Å². The van der Waals surface area contributed by atoms with Gasteiger partial charge < -0.3 is 5.11 Å². The lowest BCUT2D eigenvalue weighted by molar-refractivity contribution is -0.0521. The molecule has 11 heavy (non-hydrogen) atoms. The molecule has 0 aromatic heterocycles. The lowest BCUT2D eigenvalue weighted by Crippen LogP contribution is -2.40. The Morgan fingerprint density at radius 3 is 1.91 bits per heavy atom. The highest BCUT2D eigenvalue weighted by molar-refractivity contribution is 4.91. The second-order valence-corrected chi connectivity index (χ2v) is 5.17. The van der Waals surface area contributed by atoms with E-state index in [1.165, 1.54) is 12.8 Å². The molecular weight excluding hydrogens is 136 g/mol. The van der Waals surface area contributed by atoms with Crippen molar-refractivity contribution in [3.63, 3.8) is 0 Å². The maximum atomic E-state index is 10.1. The summed E-state index contributed by atoms with van der Waals surface area (Å²) < 4.78 is 0. The van der Waals surface area contributed by atoms with Crippen LogP contribution in [-0.4, -0.2) is 10.7 Å². The van der Waals surface area contributed by atoms with E-state index in [4.69, 9.17) is 0 Å². The molecular formula is C10H20O. The smallest absolute Gasteiger partial charge is 0.0670 e. The third kappa shape index (κ3) is 2.19. The molecule has 66 valence electrons. The summed E-state index contributed by atoms with van der Waals surface area (Å²) in [6, 6.07) is 0. The van der Waals surface area contributed by atoms with Gasteiger partial charge in [0.2, 0.25) is 0 Å². The van der Waals surface area contributed by atoms with Crippen LogP contribution in [0, 0.1) is 11.3 Å². The third-order valence-corrected chi connectivity index (χ3v) is 3.00. The molecule has 0 aliphatic heterocycles. The quantitative estimate of drug-likeness (QED) is 0.651. The zero-order valence-corrected chi connectivity index (χ0v) is 8.15. The number of aliphatic hydroxyl groups is 1. The Kier molecular flexibility index (Phi) is 2.04. The fourth-order valence-corrected chi connectivity index (χ4v) is 1.19. The lowest BCUT2D eigenvalue weighted by atomic mass is 9.75. The maximum Gasteiger partial charge on any atom is 0.0670 e. The van der Waals surface area contributed by atoms with Crippen molar-refractivity contribution in [3.8, 4) is 0 Å². The zero-order valence-electron chi connectivity index (χ0n) is 8.15. The molecule has 1 saturated carbocycles. The normalized spacial score (nSPS) is 24.8. The van der Waals surface area contributed by atoms with Gasteiger partial charge in [0.1, 0.15) is 0 Å². The van der Waals surface area contributed by atoms with E-state index in [1.807, 2.05) is 6.92 Å². The summed E-state index contributed by atoms with van der Waals surface area (Å²) in [5.41, 5.74) is -0.455. The van der Waals surface area contributed by atoms with Crippen molar-refractivity contribution in [3.05, 3.63) is 0 Å². The molecule has 0 saturated heterocycles. The van der Waals surface area contributed by atoms with Crippen molar-refractivity contribution in [2.75, 3.05) is 0 Å². The molecule has 1 nitrogen and oxygen atoms in total. The predicted octanol–water partition coefficient (Wildman–Crippen LogP) is 2.58. The van der Waals surface area contributed by atoms with E-state index in [-0.39, 0.29) is 5.41 Å². The molecule has 0 heterocycles. The number of hydrogen-bond donors (Lipinski definition) is 1. The van der Waals surface area contributed by atoms with E-state index in [0.29, 0.717) is 0 Å². The fourth-order valence-electron chi connectivity index (χ4n) is 1.19. The van der Waals surface area contributed by atoms with E-state index < -0.39 is 5.60 Å². The van der Waals surface area contributed by atoms with Crippen LogP contribution in [0.1, 0.15) is 47.0 Å². The van der Waals surface area contributed by atoms with Gasteiger partial charge in [0.25, 0.3) is 0 Å². The molecule has 1 aliphatic rings. The number of hydrogen-bond acceptors (Lipinski definition) is 1. The van der Waals surface area contributed by atoms with Gasteiger partial charge in [-0.3, -0.25) is 0 Å². The monoisotopic (exact) mass is 156 g/mol. The first-order valence-electron chi connectivity index (χ1n) is 4.55. The molecule has 0 amide bonds. The molecule has 0 bridgehead atoms. The first kappa shape index (κ1) is 9.05. The molecule has 1 rings (SSSR count). The summed E-state index contributed by atoms with van der Waals surface area (Å²) in [7, 11) is 0. The van der Waals surface area contributed by atoms with Gasteiger partial charge in [-0.2, -0.15) is 0 Å². The Bertz CT molecular complexity index is 137. The van der Waals surface area contributed by atoms with E-state index >= 15 is 0 Å². The van der Waals surface area contributed by atoms with Crippen LogP contribution in [0.3, 0.4) is 0 Å². The largest absolute Gasteiger partial charge is 0.390 e. The average molecular weight is 156 g/mol. The molecule has 1 aliphatic carbocycles. The van der Waals surface area contributed by atoms with Crippen molar-refractivity contribution in [1.29, 1.82) is 0 Å². The van der Waals surface area contributed by atoms with E-state index in [0.717, 1.165) is 12.3 Å². The topological polar surface area (TPSA) is 20.2 Å². The van der Waals surface area contributed by atoms with Crippen LogP contribution in [-0.2, 0) is 0 Å². The summed E-state index contributed by atoms with van der Waals surface area (Å²) in [5, 5.41) is 10.1. The number of rotatable bonds is 2. The predicted molar refractivity (Wildman–Crippen MR) is 47.4 cm³/mol. The van der Waals surface area contributed by atoms with Gasteiger partial charge in [-0.05, 0) is 24.7 Å². The summed E-state index contributed by atoms with van der Waals surface area (Å²) in [4.78, 5) is 0. The van der Waals surface area contributed by atoms with Crippen LogP contribution < -0.4 is 0 Å². The Morgan fingerprint density at radius 1 is 1.18 bits per heavy atom. The van der Waals surface area contributed by atoms with Crippen molar-refractivity contribution < 1.29 is 5.11 Å². The first-order valence-corrected chi connectivity index (χ1v) is 4.55. The summed E-state index contributed by atoms with van der Waals surface area (Å²) in [6.07, 6.45) is 3.63. The minimum absolute atomic E-state index is 0.0234. The summed E-state index contributed by atoms with van der Waals surface area (Å²) in [6.45, 7) is 8.28. The second-order valence-electron chi connectivity index (χ2n) is 5.17. The first-order chi connectivity index (χ1) is 4.83. The Hall–Kier alpha value is -0.0400. The third-order valence-electron chi connectivity index (χ3n) is 3.00. The van der Waals surface area contributed by atoms with Crippen LogP contribution in [0.2, 0.25) is 0 Å². The van der Waals surface area contributed by atoms with E-state index in [2.05, 4.69) is 20.8 Å². The van der Waals surface area contributed by atoms with Crippen LogP contribution in [0.25, 0.3) is 0 Å². The maximum absolute atomic E-state index is 10.1. The molecule has 0 spiro atoms. The lowest BCUT2D eigenvalue weighted by Gasteiger charge is -2.37. The molecule has 1 N–H and O–H groups in total. The van der Waals surface area contributed by atoms with Crippen LogP contribution >= 0.6 is 0 Å². The zero-order chi connectivity index (χ0) is 8.70. The minimum Gasteiger partial charge on any atom is -0.390 e. The van der Waals surface area contributed by atoms with Crippen molar-refractivity contribution >= 4 is 0 Å². The SMILES string of the molecule is CC(C)(C)C(C)(O)CC1CC1. The van der Waals surface area contributed by atoms with Crippen LogP contribution in [0.4, 0.5) is 0 Å². The van der Waals surface area contributed by atoms with Gasteiger partial charge in [0, 0.05) is 0 Å². The minimum atomic E-state index is -0.478. The van der Waals surface area contributed by atoms with Crippen molar-refractivity contribution in [1.82, 2.24) is 0 Å². The summed E-state index contributed by atoms with van der Waals surface area (Å²) in [5.74, 6) is 0.809. The van der Waals surface area contributed by atoms with Gasteiger partial charge in [0.15, 0.2) is 0 Å². The summed E-state index contributed by atoms with van der Waals surface area (Å²) >= 11 is 0. The average Bonchev–Trinajstić information content (AvgIpc) is 2.45. The standard InChI is InChI=1S/C10H20O/c1-9(2,3)10(4,11)7-8-5-6-8/h8,11H,5-7H2,1-4H3. The van der Waals surface area contributed by atoms with Crippen LogP contribution in [0.5, 0.6) is 0 Å². The van der Waals surface area contributed by atoms with E-state index in [1.54, 1.807) is 0 Å². The molecule has 1 unspecified atom stereocenters. The highest BCUT2D eigenvalue weighted by atomic mass is 16.3. The fraction of sp³-hybridized carbons (Fsp3) is 1.00. The molecule has 0 radical (unpaired) electrons. The highest BCUT2D eigenvalue weighted by Gasteiger charge is 2.39. The van der Waals surface area contributed by atoms with Crippen LogP contribution in [0.15, 0.2) is 0 Å². The molecule has 0 aromatic rings. The van der Waals surface area contributed by atoms with Gasteiger partial charge >= 0.3 is 0 Å². The van der Waals surface area contributed by atoms with Crippen molar-refractivity contribution in [2.24, 2.45) is 11.3 Å². The molecule has 1 heteroatoms. The molecule has 1 fully saturated rings. The van der Waals surface area contributed by atoms with Gasteiger partial charge in [0.05, 0.1) is 5.60 Å². The Balaban J connectivity index is 2.49. The molecule has 1 atom stereocenters.